The standard InChI is InChI=1S/C12H13FO4/c1-7-5-12(16,6-11(14)15)9-3-2-8(13)4-10(9)17-7/h2-4,7,16H,5-6H2,1H3,(H,14,15)/t7-,12-/m1/s1. The van der Waals surface area contributed by atoms with Gasteiger partial charge in [-0.3, -0.25) is 4.79 Å². The summed E-state index contributed by atoms with van der Waals surface area (Å²) in [5, 5.41) is 19.2. The Labute approximate surface area is 97.6 Å². The zero-order valence-corrected chi connectivity index (χ0v) is 9.31. The molecule has 0 bridgehead atoms. The highest BCUT2D eigenvalue weighted by Crippen LogP contribution is 2.41. The number of carboxylic acid groups (broad SMARTS) is 1. The van der Waals surface area contributed by atoms with Crippen LogP contribution in [-0.2, 0) is 10.4 Å². The van der Waals surface area contributed by atoms with E-state index in [9.17, 15) is 14.3 Å². The van der Waals surface area contributed by atoms with Crippen molar-refractivity contribution in [1.29, 1.82) is 0 Å². The molecular weight excluding hydrogens is 227 g/mol. The molecule has 2 atom stereocenters. The molecule has 0 fully saturated rings. The summed E-state index contributed by atoms with van der Waals surface area (Å²) in [6.07, 6.45) is -0.592. The minimum Gasteiger partial charge on any atom is -0.490 e. The van der Waals surface area contributed by atoms with Gasteiger partial charge in [0.2, 0.25) is 0 Å². The monoisotopic (exact) mass is 240 g/mol. The van der Waals surface area contributed by atoms with E-state index in [1.165, 1.54) is 12.1 Å². The summed E-state index contributed by atoms with van der Waals surface area (Å²) in [6.45, 7) is 1.71. The van der Waals surface area contributed by atoms with Crippen molar-refractivity contribution in [2.45, 2.75) is 31.5 Å². The zero-order chi connectivity index (χ0) is 12.6. The number of fused-ring (bicyclic) bond motifs is 1. The lowest BCUT2D eigenvalue weighted by atomic mass is 9.83. The molecule has 1 aromatic rings. The second-order valence-electron chi connectivity index (χ2n) is 4.38. The highest BCUT2D eigenvalue weighted by Gasteiger charge is 2.40. The van der Waals surface area contributed by atoms with Crippen molar-refractivity contribution in [1.82, 2.24) is 0 Å². The van der Waals surface area contributed by atoms with Crippen LogP contribution >= 0.6 is 0 Å². The van der Waals surface area contributed by atoms with Crippen molar-refractivity contribution in [2.75, 3.05) is 0 Å². The van der Waals surface area contributed by atoms with Gasteiger partial charge in [-0.1, -0.05) is 0 Å². The molecule has 2 rings (SSSR count). The average Bonchev–Trinajstić information content (AvgIpc) is 2.13. The Morgan fingerprint density at radius 3 is 3.00 bits per heavy atom. The van der Waals surface area contributed by atoms with Crippen LogP contribution in [0.3, 0.4) is 0 Å². The molecule has 0 radical (unpaired) electrons. The van der Waals surface area contributed by atoms with Gasteiger partial charge in [-0.15, -0.1) is 0 Å². The number of hydrogen-bond donors (Lipinski definition) is 2. The Morgan fingerprint density at radius 2 is 2.35 bits per heavy atom. The average molecular weight is 240 g/mol. The molecule has 1 aliphatic rings. The largest absolute Gasteiger partial charge is 0.490 e. The van der Waals surface area contributed by atoms with Gasteiger partial charge in [0.1, 0.15) is 17.2 Å². The number of hydrogen-bond acceptors (Lipinski definition) is 3. The second-order valence-corrected chi connectivity index (χ2v) is 4.38. The van der Waals surface area contributed by atoms with E-state index in [1.54, 1.807) is 6.92 Å². The van der Waals surface area contributed by atoms with Gasteiger partial charge in [0.05, 0.1) is 12.5 Å². The van der Waals surface area contributed by atoms with Gasteiger partial charge < -0.3 is 14.9 Å². The maximum absolute atomic E-state index is 13.1. The van der Waals surface area contributed by atoms with E-state index in [0.29, 0.717) is 5.56 Å². The van der Waals surface area contributed by atoms with Crippen LogP contribution in [0, 0.1) is 5.82 Å². The highest BCUT2D eigenvalue weighted by molar-refractivity contribution is 5.69. The molecule has 4 nitrogen and oxygen atoms in total. The van der Waals surface area contributed by atoms with Gasteiger partial charge in [0.15, 0.2) is 0 Å². The molecular formula is C12H13FO4. The van der Waals surface area contributed by atoms with Crippen LogP contribution in [0.25, 0.3) is 0 Å². The topological polar surface area (TPSA) is 66.8 Å². The van der Waals surface area contributed by atoms with Gasteiger partial charge >= 0.3 is 5.97 Å². The molecule has 0 amide bonds. The molecule has 0 unspecified atom stereocenters. The van der Waals surface area contributed by atoms with Crippen LogP contribution in [0.2, 0.25) is 0 Å². The van der Waals surface area contributed by atoms with E-state index in [4.69, 9.17) is 9.84 Å². The summed E-state index contributed by atoms with van der Waals surface area (Å²) in [7, 11) is 0. The second kappa shape index (κ2) is 4.00. The zero-order valence-electron chi connectivity index (χ0n) is 9.31. The highest BCUT2D eigenvalue weighted by atomic mass is 19.1. The van der Waals surface area contributed by atoms with Crippen molar-refractivity contribution < 1.29 is 24.1 Å². The van der Waals surface area contributed by atoms with E-state index in [1.807, 2.05) is 0 Å². The molecule has 0 spiro atoms. The molecule has 92 valence electrons. The molecule has 0 aromatic heterocycles. The van der Waals surface area contributed by atoms with Crippen molar-refractivity contribution in [2.24, 2.45) is 0 Å². The molecule has 0 aliphatic carbocycles. The number of carboxylic acids is 1. The fourth-order valence-electron chi connectivity index (χ4n) is 2.24. The van der Waals surface area contributed by atoms with Crippen LogP contribution in [0.4, 0.5) is 4.39 Å². The van der Waals surface area contributed by atoms with E-state index in [2.05, 4.69) is 0 Å². The predicted octanol–water partition coefficient (Wildman–Crippen LogP) is 1.66. The van der Waals surface area contributed by atoms with E-state index >= 15 is 0 Å². The van der Waals surface area contributed by atoms with Crippen molar-refractivity contribution in [3.8, 4) is 5.75 Å². The molecule has 1 aliphatic heterocycles. The fourth-order valence-corrected chi connectivity index (χ4v) is 2.24. The Kier molecular flexibility index (Phi) is 2.79. The number of rotatable bonds is 2. The van der Waals surface area contributed by atoms with Gasteiger partial charge in [-0.2, -0.15) is 0 Å². The van der Waals surface area contributed by atoms with Crippen LogP contribution in [0.1, 0.15) is 25.3 Å². The van der Waals surface area contributed by atoms with Gasteiger partial charge in [0, 0.05) is 18.1 Å². The Bertz CT molecular complexity index is 460. The van der Waals surface area contributed by atoms with E-state index in [0.717, 1.165) is 6.07 Å². The summed E-state index contributed by atoms with van der Waals surface area (Å²) >= 11 is 0. The van der Waals surface area contributed by atoms with Crippen molar-refractivity contribution >= 4 is 5.97 Å². The van der Waals surface area contributed by atoms with E-state index in [-0.39, 0.29) is 18.3 Å². The predicted molar refractivity (Wildman–Crippen MR) is 57.3 cm³/mol. The SMILES string of the molecule is C[C@@H]1C[C@@](O)(CC(=O)O)c2ccc(F)cc2O1. The fraction of sp³-hybridized carbons (Fsp3) is 0.417. The normalized spacial score (nSPS) is 27.1. The van der Waals surface area contributed by atoms with Gasteiger partial charge in [-0.05, 0) is 19.1 Å². The molecule has 0 saturated carbocycles. The first-order chi connectivity index (χ1) is 7.90. The lowest BCUT2D eigenvalue weighted by Crippen LogP contribution is -2.38. The van der Waals surface area contributed by atoms with Crippen molar-refractivity contribution in [3.05, 3.63) is 29.6 Å². The first kappa shape index (κ1) is 11.9. The minimum absolute atomic E-state index is 0.179. The van der Waals surface area contributed by atoms with E-state index < -0.39 is 23.8 Å². The number of carbonyl (C=O) groups is 1. The number of ether oxygens (including phenoxy) is 1. The summed E-state index contributed by atoms with van der Waals surface area (Å²) in [5.41, 5.74) is -1.16. The number of halogens is 1. The maximum Gasteiger partial charge on any atom is 0.306 e. The third-order valence-corrected chi connectivity index (χ3v) is 2.84. The summed E-state index contributed by atoms with van der Waals surface area (Å²) < 4.78 is 18.5. The van der Waals surface area contributed by atoms with Gasteiger partial charge in [0.25, 0.3) is 0 Å². The molecule has 17 heavy (non-hydrogen) atoms. The summed E-state index contributed by atoms with van der Waals surface area (Å²) in [5.74, 6) is -1.36. The minimum atomic E-state index is -1.49. The third kappa shape index (κ3) is 2.24. The Balaban J connectivity index is 2.47. The molecule has 2 N–H and O–H groups in total. The lowest BCUT2D eigenvalue weighted by molar-refractivity contribution is -0.145. The molecule has 0 saturated heterocycles. The smallest absolute Gasteiger partial charge is 0.306 e. The number of aliphatic carboxylic acids is 1. The Morgan fingerprint density at radius 1 is 1.65 bits per heavy atom. The Hall–Kier alpha value is -1.62. The molecule has 5 heteroatoms. The van der Waals surface area contributed by atoms with Crippen LogP contribution in [0.15, 0.2) is 18.2 Å². The third-order valence-electron chi connectivity index (χ3n) is 2.84. The van der Waals surface area contributed by atoms with Gasteiger partial charge in [-0.25, -0.2) is 4.39 Å². The lowest BCUT2D eigenvalue weighted by Gasteiger charge is -2.36. The van der Waals surface area contributed by atoms with Crippen LogP contribution in [-0.4, -0.2) is 22.3 Å². The van der Waals surface area contributed by atoms with Crippen LogP contribution in [0.5, 0.6) is 5.75 Å². The number of benzene rings is 1. The first-order valence-electron chi connectivity index (χ1n) is 5.31. The molecule has 1 heterocycles. The maximum atomic E-state index is 13.1. The first-order valence-corrected chi connectivity index (χ1v) is 5.31. The quantitative estimate of drug-likeness (QED) is 0.825. The molecule has 1 aromatic carbocycles. The summed E-state index contributed by atoms with van der Waals surface area (Å²) in [4.78, 5) is 10.8. The summed E-state index contributed by atoms with van der Waals surface area (Å²) in [6, 6.07) is 3.72. The number of aliphatic hydroxyl groups is 1. The van der Waals surface area contributed by atoms with Crippen LogP contribution < -0.4 is 4.74 Å². The van der Waals surface area contributed by atoms with Crippen molar-refractivity contribution in [3.63, 3.8) is 0 Å².